The maximum absolute atomic E-state index is 12.4. The van der Waals surface area contributed by atoms with Gasteiger partial charge >= 0.3 is 0 Å². The number of nitrogens with one attached hydrogen (secondary N) is 2. The molecule has 1 atom stereocenters. The Kier molecular flexibility index (Phi) is 3.72. The lowest BCUT2D eigenvalue weighted by molar-refractivity contribution is 0.00121. The van der Waals surface area contributed by atoms with E-state index in [1.54, 1.807) is 15.6 Å². The Balaban J connectivity index is 1.48. The first-order valence-corrected chi connectivity index (χ1v) is 8.26. The molecule has 2 aromatic rings. The summed E-state index contributed by atoms with van der Waals surface area (Å²) in [4.78, 5) is 16.7. The molecule has 1 unspecified atom stereocenters. The second kappa shape index (κ2) is 5.90. The van der Waals surface area contributed by atoms with E-state index >= 15 is 0 Å². The van der Waals surface area contributed by atoms with Crippen molar-refractivity contribution in [1.29, 1.82) is 0 Å². The third-order valence-corrected chi connectivity index (χ3v) is 4.57. The summed E-state index contributed by atoms with van der Waals surface area (Å²) in [6, 6.07) is 0. The molecule has 0 spiro atoms. The Morgan fingerprint density at radius 3 is 3.12 bits per heavy atom. The van der Waals surface area contributed by atoms with Crippen LogP contribution >= 0.6 is 0 Å². The minimum absolute atomic E-state index is 0.193. The van der Waals surface area contributed by atoms with Crippen LogP contribution in [0.3, 0.4) is 0 Å². The Hall–Kier alpha value is -2.42. The zero-order chi connectivity index (χ0) is 16.6. The number of amides is 1. The highest BCUT2D eigenvalue weighted by Crippen LogP contribution is 2.35. The van der Waals surface area contributed by atoms with Crippen LogP contribution in [-0.4, -0.2) is 50.1 Å². The van der Waals surface area contributed by atoms with Gasteiger partial charge < -0.3 is 15.4 Å². The topological polar surface area (TPSA) is 98.9 Å². The largest absolute Gasteiger partial charge is 0.368 e. The van der Waals surface area contributed by atoms with E-state index in [0.717, 1.165) is 37.9 Å². The van der Waals surface area contributed by atoms with Crippen LogP contribution in [0, 0.1) is 0 Å². The molecule has 0 aliphatic carbocycles. The van der Waals surface area contributed by atoms with E-state index in [1.165, 1.54) is 0 Å². The van der Waals surface area contributed by atoms with E-state index in [2.05, 4.69) is 25.8 Å². The van der Waals surface area contributed by atoms with E-state index in [0.29, 0.717) is 19.1 Å². The second-order valence-corrected chi connectivity index (χ2v) is 6.29. The van der Waals surface area contributed by atoms with Crippen LogP contribution in [0.5, 0.6) is 0 Å². The van der Waals surface area contributed by atoms with Gasteiger partial charge in [0.15, 0.2) is 0 Å². The molecule has 9 nitrogen and oxygen atoms in total. The molecule has 2 N–H and O–H groups in total. The van der Waals surface area contributed by atoms with Crippen molar-refractivity contribution in [2.24, 2.45) is 7.05 Å². The van der Waals surface area contributed by atoms with Crippen LogP contribution in [0.4, 0.5) is 5.95 Å². The highest BCUT2D eigenvalue weighted by molar-refractivity contribution is 5.90. The van der Waals surface area contributed by atoms with Gasteiger partial charge in [-0.05, 0) is 19.3 Å². The third kappa shape index (κ3) is 2.64. The molecule has 128 valence electrons. The normalized spacial score (nSPS) is 22.9. The summed E-state index contributed by atoms with van der Waals surface area (Å²) in [5.41, 5.74) is 0.475. The van der Waals surface area contributed by atoms with Gasteiger partial charge in [-0.25, -0.2) is 4.68 Å². The van der Waals surface area contributed by atoms with Crippen molar-refractivity contribution in [3.63, 3.8) is 0 Å². The molecule has 0 radical (unpaired) electrons. The van der Waals surface area contributed by atoms with Gasteiger partial charge in [-0.1, -0.05) is 0 Å². The Morgan fingerprint density at radius 1 is 1.50 bits per heavy atom. The maximum Gasteiger partial charge on any atom is 0.291 e. The zero-order valence-electron chi connectivity index (χ0n) is 13.7. The van der Waals surface area contributed by atoms with E-state index in [1.807, 2.05) is 13.2 Å². The van der Waals surface area contributed by atoms with Crippen LogP contribution < -0.4 is 10.6 Å². The highest BCUT2D eigenvalue weighted by Gasteiger charge is 2.38. The summed E-state index contributed by atoms with van der Waals surface area (Å²) < 4.78 is 9.47. The minimum Gasteiger partial charge on any atom is -0.368 e. The molecule has 0 bridgehead atoms. The predicted octanol–water partition coefficient (Wildman–Crippen LogP) is 0.263. The zero-order valence-corrected chi connectivity index (χ0v) is 13.7. The molecule has 2 aliphatic rings. The fourth-order valence-corrected chi connectivity index (χ4v) is 3.28. The maximum atomic E-state index is 12.4. The molecule has 1 amide bonds. The van der Waals surface area contributed by atoms with Crippen molar-refractivity contribution in [3.05, 3.63) is 23.8 Å². The molecule has 24 heavy (non-hydrogen) atoms. The fourth-order valence-electron chi connectivity index (χ4n) is 3.28. The summed E-state index contributed by atoms with van der Waals surface area (Å²) >= 11 is 0. The standard InChI is InChI=1S/C15H21N7O2/c1-21-9-11(8-18-21)15(4-2-7-24-15)10-17-13(23)12-19-14-16-5-3-6-22(14)20-12/h8-9H,2-7,10H2,1H3,(H,17,23)(H,16,19,20). The summed E-state index contributed by atoms with van der Waals surface area (Å²) in [6.45, 7) is 2.71. The molecular weight excluding hydrogens is 310 g/mol. The number of ether oxygens (including phenoxy) is 1. The van der Waals surface area contributed by atoms with Crippen molar-refractivity contribution in [3.8, 4) is 0 Å². The van der Waals surface area contributed by atoms with Gasteiger partial charge in [0.05, 0.1) is 12.7 Å². The number of rotatable bonds is 4. The van der Waals surface area contributed by atoms with Crippen molar-refractivity contribution in [1.82, 2.24) is 29.9 Å². The summed E-state index contributed by atoms with van der Waals surface area (Å²) in [6.07, 6.45) is 6.54. The molecule has 2 aromatic heterocycles. The lowest BCUT2D eigenvalue weighted by Gasteiger charge is -2.27. The van der Waals surface area contributed by atoms with Gasteiger partial charge in [0.25, 0.3) is 5.91 Å². The highest BCUT2D eigenvalue weighted by atomic mass is 16.5. The molecule has 9 heteroatoms. The molecule has 0 aromatic carbocycles. The molecule has 1 fully saturated rings. The minimum atomic E-state index is -0.512. The molecule has 1 saturated heterocycles. The van der Waals surface area contributed by atoms with E-state index in [-0.39, 0.29) is 11.7 Å². The average molecular weight is 331 g/mol. The first kappa shape index (κ1) is 15.1. The smallest absolute Gasteiger partial charge is 0.291 e. The van der Waals surface area contributed by atoms with Gasteiger partial charge in [0.2, 0.25) is 11.8 Å². The average Bonchev–Trinajstić information content (AvgIpc) is 3.31. The Morgan fingerprint density at radius 2 is 2.42 bits per heavy atom. The van der Waals surface area contributed by atoms with E-state index in [9.17, 15) is 4.79 Å². The van der Waals surface area contributed by atoms with Crippen LogP contribution in [-0.2, 0) is 23.9 Å². The number of nitrogens with zero attached hydrogens (tertiary/aromatic N) is 5. The SMILES string of the molecule is Cn1cc(C2(CNC(=O)c3nc4n(n3)CCCN4)CCCO2)cn1. The van der Waals surface area contributed by atoms with Gasteiger partial charge in [-0.2, -0.15) is 10.1 Å². The summed E-state index contributed by atoms with van der Waals surface area (Å²) in [5, 5.41) is 14.6. The fraction of sp³-hybridized carbons (Fsp3) is 0.600. The van der Waals surface area contributed by atoms with Gasteiger partial charge in [-0.3, -0.25) is 9.48 Å². The van der Waals surface area contributed by atoms with Crippen molar-refractivity contribution in [2.75, 3.05) is 25.0 Å². The molecule has 4 heterocycles. The number of carbonyl (C=O) groups is 1. The Bertz CT molecular complexity index is 721. The summed E-state index contributed by atoms with van der Waals surface area (Å²) in [5.74, 6) is 0.571. The molecule has 4 rings (SSSR count). The van der Waals surface area contributed by atoms with Crippen molar-refractivity contribution in [2.45, 2.75) is 31.4 Å². The van der Waals surface area contributed by atoms with Crippen LogP contribution in [0.15, 0.2) is 12.4 Å². The number of hydrogen-bond donors (Lipinski definition) is 2. The van der Waals surface area contributed by atoms with Crippen molar-refractivity contribution >= 4 is 11.9 Å². The van der Waals surface area contributed by atoms with E-state index in [4.69, 9.17) is 4.74 Å². The summed E-state index contributed by atoms with van der Waals surface area (Å²) in [7, 11) is 1.87. The number of fused-ring (bicyclic) bond motifs is 1. The van der Waals surface area contributed by atoms with Crippen LogP contribution in [0.1, 0.15) is 35.4 Å². The molecule has 2 aliphatic heterocycles. The molecule has 0 saturated carbocycles. The lowest BCUT2D eigenvalue weighted by atomic mass is 9.93. The van der Waals surface area contributed by atoms with Crippen molar-refractivity contribution < 1.29 is 9.53 Å². The predicted molar refractivity (Wildman–Crippen MR) is 85.5 cm³/mol. The third-order valence-electron chi connectivity index (χ3n) is 4.57. The number of aromatic nitrogens is 5. The Labute approximate surface area is 139 Å². The number of carbonyl (C=O) groups excluding carboxylic acids is 1. The first-order valence-electron chi connectivity index (χ1n) is 8.26. The van der Waals surface area contributed by atoms with Gasteiger partial charge in [-0.15, -0.1) is 5.10 Å². The van der Waals surface area contributed by atoms with Gasteiger partial charge in [0, 0.05) is 38.5 Å². The molecular formula is C15H21N7O2. The number of aryl methyl sites for hydroxylation is 2. The quantitative estimate of drug-likeness (QED) is 0.834. The first-order chi connectivity index (χ1) is 11.7. The van der Waals surface area contributed by atoms with E-state index < -0.39 is 5.60 Å². The number of anilines is 1. The monoisotopic (exact) mass is 331 g/mol. The van der Waals surface area contributed by atoms with Crippen LogP contribution in [0.25, 0.3) is 0 Å². The van der Waals surface area contributed by atoms with Gasteiger partial charge in [0.1, 0.15) is 5.60 Å². The van der Waals surface area contributed by atoms with Crippen LogP contribution in [0.2, 0.25) is 0 Å². The second-order valence-electron chi connectivity index (χ2n) is 6.29. The number of hydrogen-bond acceptors (Lipinski definition) is 6. The lowest BCUT2D eigenvalue weighted by Crippen LogP contribution is -2.40.